The summed E-state index contributed by atoms with van der Waals surface area (Å²) in [4.78, 5) is 21.9. The first-order chi connectivity index (χ1) is 7.54. The summed E-state index contributed by atoms with van der Waals surface area (Å²) in [7, 11) is 1.09. The first kappa shape index (κ1) is 15.2. The van der Waals surface area contributed by atoms with Crippen LogP contribution < -0.4 is 0 Å². The summed E-state index contributed by atoms with van der Waals surface area (Å²) >= 11 is 5.65. The molecule has 1 rings (SSSR count). The van der Waals surface area contributed by atoms with Gasteiger partial charge in [0.2, 0.25) is 0 Å². The predicted molar refractivity (Wildman–Crippen MR) is 62.7 cm³/mol. The van der Waals surface area contributed by atoms with Gasteiger partial charge >= 0.3 is 5.97 Å². The van der Waals surface area contributed by atoms with Crippen LogP contribution in [0.15, 0.2) is 30.3 Å². The Balaban J connectivity index is 0.00000256. The van der Waals surface area contributed by atoms with Crippen LogP contribution in [0.5, 0.6) is 0 Å². The highest BCUT2D eigenvalue weighted by Crippen LogP contribution is 2.15. The second-order valence-corrected chi connectivity index (χ2v) is 3.33. The molecule has 0 spiro atoms. The fourth-order valence-electron chi connectivity index (χ4n) is 0.988. The number of carbonyl (C=O) groups is 2. The number of benzene rings is 1. The Morgan fingerprint density at radius 1 is 1.29 bits per heavy atom. The lowest BCUT2D eigenvalue weighted by Gasteiger charge is -1.99. The van der Waals surface area contributed by atoms with Crippen molar-refractivity contribution in [2.24, 2.45) is 0 Å². The SMILES string of the molecule is COC(=O)C(=O)/C=C(\O)c1ccc(Cl)cc1.O. The molecule has 0 fully saturated rings. The van der Waals surface area contributed by atoms with E-state index in [0.717, 1.165) is 13.2 Å². The van der Waals surface area contributed by atoms with Crippen LogP contribution in [-0.4, -0.2) is 29.4 Å². The molecule has 0 atom stereocenters. The molecule has 1 aromatic carbocycles. The van der Waals surface area contributed by atoms with Gasteiger partial charge in [0.05, 0.1) is 7.11 Å². The van der Waals surface area contributed by atoms with E-state index in [0.29, 0.717) is 10.6 Å². The molecule has 1 aromatic rings. The summed E-state index contributed by atoms with van der Waals surface area (Å²) in [5, 5.41) is 10.0. The van der Waals surface area contributed by atoms with E-state index in [-0.39, 0.29) is 11.2 Å². The van der Waals surface area contributed by atoms with E-state index < -0.39 is 11.8 Å². The average Bonchev–Trinajstić information content (AvgIpc) is 2.28. The summed E-state index contributed by atoms with van der Waals surface area (Å²) in [5.41, 5.74) is 0.390. The number of carbonyl (C=O) groups excluding carboxylic acids is 2. The maximum absolute atomic E-state index is 11.1. The molecule has 6 heteroatoms. The molecule has 92 valence electrons. The van der Waals surface area contributed by atoms with Crippen molar-refractivity contribution < 1.29 is 24.9 Å². The molecule has 17 heavy (non-hydrogen) atoms. The maximum Gasteiger partial charge on any atom is 0.378 e. The normalized spacial score (nSPS) is 10.4. The summed E-state index contributed by atoms with van der Waals surface area (Å²) < 4.78 is 4.20. The number of rotatable bonds is 3. The van der Waals surface area contributed by atoms with Crippen molar-refractivity contribution in [2.45, 2.75) is 0 Å². The Kier molecular flexibility index (Phi) is 5.95. The third-order valence-electron chi connectivity index (χ3n) is 1.79. The standard InChI is InChI=1S/C11H9ClO4.H2O/c1-16-11(15)10(14)6-9(13)7-2-4-8(12)5-3-7;/h2-6,13H,1H3;1H2/b9-6-;. The number of ketones is 1. The number of esters is 1. The maximum atomic E-state index is 11.1. The van der Waals surface area contributed by atoms with Gasteiger partial charge in [-0.2, -0.15) is 0 Å². The Labute approximate surface area is 103 Å². The van der Waals surface area contributed by atoms with Gasteiger partial charge in [0, 0.05) is 16.7 Å². The van der Waals surface area contributed by atoms with Crippen molar-refractivity contribution in [1.82, 2.24) is 0 Å². The molecule has 0 saturated heterocycles. The zero-order valence-electron chi connectivity index (χ0n) is 8.94. The van der Waals surface area contributed by atoms with Gasteiger partial charge in [-0.1, -0.05) is 11.6 Å². The van der Waals surface area contributed by atoms with Crippen molar-refractivity contribution in [2.75, 3.05) is 7.11 Å². The number of aliphatic hydroxyl groups is 1. The van der Waals surface area contributed by atoms with E-state index in [4.69, 9.17) is 11.6 Å². The second kappa shape index (κ2) is 6.67. The van der Waals surface area contributed by atoms with Gasteiger partial charge in [-0.3, -0.25) is 4.79 Å². The third-order valence-corrected chi connectivity index (χ3v) is 2.05. The Morgan fingerprint density at radius 3 is 2.29 bits per heavy atom. The van der Waals surface area contributed by atoms with E-state index >= 15 is 0 Å². The molecule has 0 radical (unpaired) electrons. The highest BCUT2D eigenvalue weighted by Gasteiger charge is 2.12. The predicted octanol–water partition coefficient (Wildman–Crippen LogP) is 1.16. The van der Waals surface area contributed by atoms with Crippen LogP contribution in [0.25, 0.3) is 5.76 Å². The molecule has 0 amide bonds. The van der Waals surface area contributed by atoms with Gasteiger partial charge in [0.15, 0.2) is 0 Å². The van der Waals surface area contributed by atoms with Crippen molar-refractivity contribution in [1.29, 1.82) is 0 Å². The fraction of sp³-hybridized carbons (Fsp3) is 0.0909. The van der Waals surface area contributed by atoms with Crippen LogP contribution in [0, 0.1) is 0 Å². The van der Waals surface area contributed by atoms with Crippen LogP contribution in [0.1, 0.15) is 5.56 Å². The molecule has 0 aromatic heterocycles. The summed E-state index contributed by atoms with van der Waals surface area (Å²) in [6.45, 7) is 0. The quantitative estimate of drug-likeness (QED) is 0.381. The lowest BCUT2D eigenvalue weighted by atomic mass is 10.1. The van der Waals surface area contributed by atoms with Crippen LogP contribution in [0.4, 0.5) is 0 Å². The highest BCUT2D eigenvalue weighted by molar-refractivity contribution is 6.39. The van der Waals surface area contributed by atoms with Crippen molar-refractivity contribution in [3.05, 3.63) is 40.9 Å². The Hall–Kier alpha value is -1.85. The zero-order chi connectivity index (χ0) is 12.1. The molecule has 0 aliphatic rings. The molecule has 0 heterocycles. The molecule has 3 N–H and O–H groups in total. The number of ether oxygens (including phenoxy) is 1. The van der Waals surface area contributed by atoms with Crippen LogP contribution in [-0.2, 0) is 14.3 Å². The van der Waals surface area contributed by atoms with E-state index in [2.05, 4.69) is 4.74 Å². The zero-order valence-corrected chi connectivity index (χ0v) is 9.69. The average molecular weight is 259 g/mol. The van der Waals surface area contributed by atoms with Gasteiger partial charge in [0.25, 0.3) is 5.78 Å². The number of hydrogen-bond donors (Lipinski definition) is 1. The smallest absolute Gasteiger partial charge is 0.378 e. The third kappa shape index (κ3) is 4.26. The second-order valence-electron chi connectivity index (χ2n) is 2.89. The number of methoxy groups -OCH3 is 1. The molecule has 0 saturated carbocycles. The lowest BCUT2D eigenvalue weighted by Crippen LogP contribution is -2.13. The van der Waals surface area contributed by atoms with Gasteiger partial charge in [0.1, 0.15) is 5.76 Å². The minimum atomic E-state index is -1.03. The molecule has 0 aliphatic carbocycles. The van der Waals surface area contributed by atoms with E-state index in [9.17, 15) is 14.7 Å². The lowest BCUT2D eigenvalue weighted by molar-refractivity contribution is -0.149. The number of aliphatic hydroxyl groups excluding tert-OH is 1. The molecule has 0 aliphatic heterocycles. The molecule has 0 unspecified atom stereocenters. The number of hydrogen-bond acceptors (Lipinski definition) is 4. The van der Waals surface area contributed by atoms with E-state index in [1.165, 1.54) is 12.1 Å². The van der Waals surface area contributed by atoms with Crippen LogP contribution >= 0.6 is 11.6 Å². The summed E-state index contributed by atoms with van der Waals surface area (Å²) in [6.07, 6.45) is 0.801. The van der Waals surface area contributed by atoms with Crippen LogP contribution in [0.3, 0.4) is 0 Å². The highest BCUT2D eigenvalue weighted by atomic mass is 35.5. The van der Waals surface area contributed by atoms with Gasteiger partial charge in [-0.15, -0.1) is 0 Å². The van der Waals surface area contributed by atoms with Gasteiger partial charge in [-0.25, -0.2) is 4.79 Å². The van der Waals surface area contributed by atoms with E-state index in [1.54, 1.807) is 12.1 Å². The van der Waals surface area contributed by atoms with Crippen molar-refractivity contribution >= 4 is 29.1 Å². The van der Waals surface area contributed by atoms with Crippen molar-refractivity contribution in [3.8, 4) is 0 Å². The topological polar surface area (TPSA) is 95.1 Å². The summed E-state index contributed by atoms with van der Waals surface area (Å²) in [5.74, 6) is -2.26. The number of halogens is 1. The Bertz CT molecular complexity index is 436. The minimum Gasteiger partial charge on any atom is -0.507 e. The Morgan fingerprint density at radius 2 is 1.82 bits per heavy atom. The van der Waals surface area contributed by atoms with Crippen LogP contribution in [0.2, 0.25) is 5.02 Å². The first-order valence-electron chi connectivity index (χ1n) is 4.33. The molecule has 5 nitrogen and oxygen atoms in total. The van der Waals surface area contributed by atoms with Crippen molar-refractivity contribution in [3.63, 3.8) is 0 Å². The molecular weight excluding hydrogens is 248 g/mol. The molecular formula is C11H11ClO5. The van der Waals surface area contributed by atoms with Gasteiger partial charge < -0.3 is 15.3 Å². The fourth-order valence-corrected chi connectivity index (χ4v) is 1.11. The minimum absolute atomic E-state index is 0. The summed E-state index contributed by atoms with van der Waals surface area (Å²) in [6, 6.07) is 6.17. The van der Waals surface area contributed by atoms with E-state index in [1.807, 2.05) is 0 Å². The largest absolute Gasteiger partial charge is 0.507 e. The van der Waals surface area contributed by atoms with Gasteiger partial charge in [-0.05, 0) is 24.3 Å². The monoisotopic (exact) mass is 258 g/mol. The first-order valence-corrected chi connectivity index (χ1v) is 4.71. The molecule has 0 bridgehead atoms.